The molecule has 3 atom stereocenters. The van der Waals surface area contributed by atoms with E-state index in [-0.39, 0.29) is 0 Å². The van der Waals surface area contributed by atoms with E-state index in [1.165, 1.54) is 32.1 Å². The molecule has 0 aliphatic heterocycles. The molecule has 0 radical (unpaired) electrons. The fourth-order valence-corrected chi connectivity index (χ4v) is 3.67. The molecule has 0 aromatic rings. The molecule has 2 fully saturated rings. The van der Waals surface area contributed by atoms with Gasteiger partial charge >= 0.3 is 0 Å². The Labute approximate surface area is 109 Å². The lowest BCUT2D eigenvalue weighted by atomic mass is 9.88. The van der Waals surface area contributed by atoms with Gasteiger partial charge in [-0.05, 0) is 43.9 Å². The lowest BCUT2D eigenvalue weighted by molar-refractivity contribution is -0.126. The zero-order chi connectivity index (χ0) is 12.1. The summed E-state index contributed by atoms with van der Waals surface area (Å²) in [5.41, 5.74) is 0. The van der Waals surface area contributed by atoms with Crippen molar-refractivity contribution < 1.29 is 4.79 Å². The van der Waals surface area contributed by atoms with Crippen LogP contribution in [-0.4, -0.2) is 18.3 Å². The maximum absolute atomic E-state index is 12.0. The average molecular weight is 258 g/mol. The van der Waals surface area contributed by atoms with Gasteiger partial charge in [0.15, 0.2) is 0 Å². The van der Waals surface area contributed by atoms with Crippen LogP contribution in [-0.2, 0) is 4.79 Å². The molecule has 2 aliphatic rings. The topological polar surface area (TPSA) is 29.1 Å². The summed E-state index contributed by atoms with van der Waals surface area (Å²) in [7, 11) is 0. The first-order valence-corrected chi connectivity index (χ1v) is 7.68. The van der Waals surface area contributed by atoms with Crippen LogP contribution in [0, 0.1) is 17.8 Å². The number of amides is 1. The number of nitrogens with one attached hydrogen (secondary N) is 1. The minimum atomic E-state index is 0.328. The predicted molar refractivity (Wildman–Crippen MR) is 71.1 cm³/mol. The molecule has 2 aliphatic carbocycles. The Hall–Kier alpha value is -0.240. The average Bonchev–Trinajstić information content (AvgIpc) is 2.95. The van der Waals surface area contributed by atoms with Crippen LogP contribution in [0.25, 0.3) is 0 Å². The van der Waals surface area contributed by atoms with Crippen LogP contribution in [0.4, 0.5) is 0 Å². The summed E-state index contributed by atoms with van der Waals surface area (Å²) in [6.45, 7) is 0.856. The highest BCUT2D eigenvalue weighted by Gasteiger charge is 2.42. The molecule has 0 saturated heterocycles. The Morgan fingerprint density at radius 1 is 1.12 bits per heavy atom. The molecule has 3 heteroatoms. The quantitative estimate of drug-likeness (QED) is 0.550. The van der Waals surface area contributed by atoms with Crippen molar-refractivity contribution in [2.75, 3.05) is 12.4 Å². The van der Waals surface area contributed by atoms with Gasteiger partial charge in [-0.15, -0.1) is 11.6 Å². The summed E-state index contributed by atoms with van der Waals surface area (Å²) in [5.74, 6) is 3.00. The maximum Gasteiger partial charge on any atom is 0.223 e. The highest BCUT2D eigenvalue weighted by atomic mass is 35.5. The fourth-order valence-electron chi connectivity index (χ4n) is 3.48. The highest BCUT2D eigenvalue weighted by Crippen LogP contribution is 2.48. The van der Waals surface area contributed by atoms with E-state index < -0.39 is 0 Å². The molecule has 1 amide bonds. The van der Waals surface area contributed by atoms with Gasteiger partial charge in [0.25, 0.3) is 0 Å². The van der Waals surface area contributed by atoms with E-state index in [2.05, 4.69) is 5.32 Å². The van der Waals surface area contributed by atoms with Crippen molar-refractivity contribution in [2.45, 2.75) is 51.4 Å². The lowest BCUT2D eigenvalue weighted by Gasteiger charge is -2.20. The van der Waals surface area contributed by atoms with Crippen molar-refractivity contribution in [3.8, 4) is 0 Å². The Bertz CT molecular complexity index is 257. The SMILES string of the molecule is O=C(NCCCCCCCl)C1CC2CCC1C2. The number of halogens is 1. The normalized spacial score (nSPS) is 30.8. The van der Waals surface area contributed by atoms with Crippen LogP contribution >= 0.6 is 11.6 Å². The van der Waals surface area contributed by atoms with E-state index in [1.807, 2.05) is 0 Å². The second-order valence-corrected chi connectivity index (χ2v) is 6.05. The van der Waals surface area contributed by atoms with Gasteiger partial charge in [0.2, 0.25) is 5.91 Å². The van der Waals surface area contributed by atoms with Crippen molar-refractivity contribution in [3.63, 3.8) is 0 Å². The molecule has 0 aromatic carbocycles. The molecule has 0 aromatic heterocycles. The van der Waals surface area contributed by atoms with Crippen LogP contribution in [0.3, 0.4) is 0 Å². The Balaban J connectivity index is 1.55. The van der Waals surface area contributed by atoms with Gasteiger partial charge < -0.3 is 5.32 Å². The summed E-state index contributed by atoms with van der Waals surface area (Å²) in [5, 5.41) is 3.11. The second kappa shape index (κ2) is 6.63. The number of carbonyl (C=O) groups excluding carboxylic acids is 1. The molecule has 1 N–H and O–H groups in total. The van der Waals surface area contributed by atoms with Crippen LogP contribution in [0.5, 0.6) is 0 Å². The van der Waals surface area contributed by atoms with Gasteiger partial charge in [-0.25, -0.2) is 0 Å². The summed E-state index contributed by atoms with van der Waals surface area (Å²) >= 11 is 5.62. The van der Waals surface area contributed by atoms with Gasteiger partial charge in [-0.2, -0.15) is 0 Å². The minimum absolute atomic E-state index is 0.328. The summed E-state index contributed by atoms with van der Waals surface area (Å²) in [6.07, 6.45) is 9.70. The van der Waals surface area contributed by atoms with Crippen molar-refractivity contribution in [1.29, 1.82) is 0 Å². The lowest BCUT2D eigenvalue weighted by Crippen LogP contribution is -2.34. The Morgan fingerprint density at radius 2 is 1.94 bits per heavy atom. The Kier molecular flexibility index (Phi) is 5.15. The molecule has 98 valence electrons. The smallest absolute Gasteiger partial charge is 0.223 e. The zero-order valence-corrected chi connectivity index (χ0v) is 11.3. The highest BCUT2D eigenvalue weighted by molar-refractivity contribution is 6.17. The molecule has 0 spiro atoms. The van der Waals surface area contributed by atoms with Crippen LogP contribution < -0.4 is 5.32 Å². The molecular formula is C14H24ClNO. The first-order chi connectivity index (χ1) is 8.31. The zero-order valence-electron chi connectivity index (χ0n) is 10.6. The summed E-state index contributed by atoms with van der Waals surface area (Å²) < 4.78 is 0. The number of unbranched alkanes of at least 4 members (excludes halogenated alkanes) is 3. The third-order valence-corrected chi connectivity index (χ3v) is 4.70. The van der Waals surface area contributed by atoms with E-state index in [9.17, 15) is 4.79 Å². The standard InChI is InChI=1S/C14H24ClNO/c15-7-3-1-2-4-8-16-14(17)13-10-11-5-6-12(13)9-11/h11-13H,1-10H2,(H,16,17). The van der Waals surface area contributed by atoms with E-state index in [0.717, 1.165) is 37.6 Å². The largest absolute Gasteiger partial charge is 0.356 e. The Morgan fingerprint density at radius 3 is 2.59 bits per heavy atom. The molecule has 17 heavy (non-hydrogen) atoms. The fraction of sp³-hybridized carbons (Fsp3) is 0.929. The van der Waals surface area contributed by atoms with E-state index in [1.54, 1.807) is 0 Å². The molecule has 0 heterocycles. The van der Waals surface area contributed by atoms with Crippen LogP contribution in [0.2, 0.25) is 0 Å². The van der Waals surface area contributed by atoms with Crippen molar-refractivity contribution >= 4 is 17.5 Å². The van der Waals surface area contributed by atoms with E-state index in [4.69, 9.17) is 11.6 Å². The van der Waals surface area contributed by atoms with Crippen molar-refractivity contribution in [2.24, 2.45) is 17.8 Å². The minimum Gasteiger partial charge on any atom is -0.356 e. The maximum atomic E-state index is 12.0. The first-order valence-electron chi connectivity index (χ1n) is 7.15. The van der Waals surface area contributed by atoms with Gasteiger partial charge in [-0.3, -0.25) is 4.79 Å². The second-order valence-electron chi connectivity index (χ2n) is 5.68. The van der Waals surface area contributed by atoms with Gasteiger partial charge in [-0.1, -0.05) is 19.3 Å². The van der Waals surface area contributed by atoms with Gasteiger partial charge in [0.05, 0.1) is 0 Å². The van der Waals surface area contributed by atoms with Gasteiger partial charge in [0, 0.05) is 18.3 Å². The van der Waals surface area contributed by atoms with Gasteiger partial charge in [0.1, 0.15) is 0 Å². The monoisotopic (exact) mass is 257 g/mol. The molecule has 2 bridgehead atoms. The third kappa shape index (κ3) is 3.61. The first kappa shape index (κ1) is 13.2. The van der Waals surface area contributed by atoms with E-state index >= 15 is 0 Å². The molecule has 2 saturated carbocycles. The number of hydrogen-bond donors (Lipinski definition) is 1. The molecular weight excluding hydrogens is 234 g/mol. The molecule has 2 nitrogen and oxygen atoms in total. The van der Waals surface area contributed by atoms with Crippen molar-refractivity contribution in [3.05, 3.63) is 0 Å². The molecule has 2 rings (SSSR count). The number of fused-ring (bicyclic) bond motifs is 2. The number of carbonyl (C=O) groups is 1. The number of hydrogen-bond acceptors (Lipinski definition) is 1. The summed E-state index contributed by atoms with van der Waals surface area (Å²) in [4.78, 5) is 12.0. The molecule has 3 unspecified atom stereocenters. The third-order valence-electron chi connectivity index (χ3n) is 4.43. The predicted octanol–water partition coefficient (Wildman–Crippen LogP) is 3.34. The van der Waals surface area contributed by atoms with Crippen LogP contribution in [0.1, 0.15) is 51.4 Å². The van der Waals surface area contributed by atoms with Crippen molar-refractivity contribution in [1.82, 2.24) is 5.32 Å². The summed E-state index contributed by atoms with van der Waals surface area (Å²) in [6, 6.07) is 0. The number of rotatable bonds is 7. The van der Waals surface area contributed by atoms with Crippen LogP contribution in [0.15, 0.2) is 0 Å². The number of alkyl halides is 1. The van der Waals surface area contributed by atoms with E-state index in [0.29, 0.717) is 17.7 Å².